The Morgan fingerprint density at radius 3 is 2.62 bits per heavy atom. The number of carbonyl (C=O) groups is 1. The molecule has 34 heavy (non-hydrogen) atoms. The number of rotatable bonds is 8. The number of hydrogen-bond donors (Lipinski definition) is 1. The second-order valence-corrected chi connectivity index (χ2v) is 10.1. The third-order valence-electron chi connectivity index (χ3n) is 7.44. The van der Waals surface area contributed by atoms with Gasteiger partial charge in [0.05, 0.1) is 18.9 Å². The van der Waals surface area contributed by atoms with Crippen molar-refractivity contribution in [3.63, 3.8) is 0 Å². The van der Waals surface area contributed by atoms with Crippen LogP contribution in [0.25, 0.3) is 5.65 Å². The van der Waals surface area contributed by atoms with Gasteiger partial charge in [0.1, 0.15) is 11.3 Å². The molecule has 3 aliphatic rings. The zero-order valence-electron chi connectivity index (χ0n) is 20.1. The molecule has 2 saturated carbocycles. The van der Waals surface area contributed by atoms with Gasteiger partial charge in [-0.2, -0.15) is 0 Å². The minimum Gasteiger partial charge on any atom is -0.378 e. The van der Waals surface area contributed by atoms with Gasteiger partial charge in [0.25, 0.3) is 5.91 Å². The number of aryl methyl sites for hydroxylation is 1. The smallest absolute Gasteiger partial charge is 0.270 e. The number of hydrogen-bond acceptors (Lipinski definition) is 4. The maximum atomic E-state index is 13.4. The molecule has 1 amide bonds. The van der Waals surface area contributed by atoms with E-state index in [0.29, 0.717) is 18.2 Å². The highest BCUT2D eigenvalue weighted by atomic mass is 16.5. The largest absolute Gasteiger partial charge is 0.378 e. The van der Waals surface area contributed by atoms with Crippen molar-refractivity contribution in [2.24, 2.45) is 5.92 Å². The summed E-state index contributed by atoms with van der Waals surface area (Å²) in [5.41, 5.74) is 7.63. The van der Waals surface area contributed by atoms with Crippen LogP contribution in [0.3, 0.4) is 0 Å². The molecule has 2 aromatic heterocycles. The standard InChI is InChI=1S/C28H34N4O2/c1-2-24-27(32-18-21(15-19-3-4-19)6-10-26(32)30-24)28(33)29-17-20-5-9-25(23(16-20)22-7-8-22)31-11-13-34-14-12-31/h5-6,9-10,16,18-19,22H,2-4,7-8,11-15,17H2,1H3,(H,29,33). The molecule has 3 aromatic rings. The van der Waals surface area contributed by atoms with Crippen LogP contribution in [-0.2, 0) is 24.1 Å². The van der Waals surface area contributed by atoms with Crippen LogP contribution in [-0.4, -0.2) is 41.6 Å². The summed E-state index contributed by atoms with van der Waals surface area (Å²) in [6.45, 7) is 6.09. The predicted octanol–water partition coefficient (Wildman–Crippen LogP) is 4.49. The number of benzene rings is 1. The average Bonchev–Trinajstić information content (AvgIpc) is 3.80. The number of carbonyl (C=O) groups excluding carboxylic acids is 1. The molecule has 0 radical (unpaired) electrons. The molecule has 0 unspecified atom stereocenters. The molecule has 1 saturated heterocycles. The van der Waals surface area contributed by atoms with Crippen LogP contribution in [0, 0.1) is 5.92 Å². The Labute approximate surface area is 201 Å². The van der Waals surface area contributed by atoms with E-state index in [4.69, 9.17) is 9.72 Å². The van der Waals surface area contributed by atoms with Crippen LogP contribution in [0.5, 0.6) is 0 Å². The first-order valence-electron chi connectivity index (χ1n) is 12.9. The minimum atomic E-state index is -0.0434. The van der Waals surface area contributed by atoms with Crippen LogP contribution >= 0.6 is 0 Å². The summed E-state index contributed by atoms with van der Waals surface area (Å²) in [5.74, 6) is 1.42. The normalized spacial score (nSPS) is 18.4. The maximum Gasteiger partial charge on any atom is 0.270 e. The van der Waals surface area contributed by atoms with Crippen molar-refractivity contribution in [2.75, 3.05) is 31.2 Å². The number of nitrogens with one attached hydrogen (secondary N) is 1. The topological polar surface area (TPSA) is 58.9 Å². The Balaban J connectivity index is 1.22. The highest BCUT2D eigenvalue weighted by molar-refractivity contribution is 5.94. The van der Waals surface area contributed by atoms with Crippen molar-refractivity contribution in [3.05, 3.63) is 64.6 Å². The highest BCUT2D eigenvalue weighted by Crippen LogP contribution is 2.45. The maximum absolute atomic E-state index is 13.4. The Morgan fingerprint density at radius 2 is 1.88 bits per heavy atom. The number of ether oxygens (including phenoxy) is 1. The molecular formula is C28H34N4O2. The Kier molecular flexibility index (Phi) is 5.77. The van der Waals surface area contributed by atoms with Gasteiger partial charge in [-0.25, -0.2) is 4.98 Å². The lowest BCUT2D eigenvalue weighted by atomic mass is 10.0. The van der Waals surface area contributed by atoms with Crippen LogP contribution in [0.4, 0.5) is 5.69 Å². The van der Waals surface area contributed by atoms with Crippen molar-refractivity contribution >= 4 is 17.2 Å². The van der Waals surface area contributed by atoms with E-state index in [-0.39, 0.29) is 5.91 Å². The fourth-order valence-corrected chi connectivity index (χ4v) is 5.19. The molecule has 1 aliphatic heterocycles. The lowest BCUT2D eigenvalue weighted by Gasteiger charge is -2.31. The Hall–Kier alpha value is -2.86. The summed E-state index contributed by atoms with van der Waals surface area (Å²) >= 11 is 0. The Bertz CT molecular complexity index is 1200. The van der Waals surface area contributed by atoms with Crippen molar-refractivity contribution in [1.82, 2.24) is 14.7 Å². The number of aromatic nitrogens is 2. The van der Waals surface area contributed by atoms with E-state index in [1.165, 1.54) is 42.5 Å². The molecule has 0 spiro atoms. The first-order valence-corrected chi connectivity index (χ1v) is 12.9. The molecule has 6 rings (SSSR count). The van der Waals surface area contributed by atoms with Gasteiger partial charge in [0, 0.05) is 31.5 Å². The van der Waals surface area contributed by atoms with E-state index >= 15 is 0 Å². The fraction of sp³-hybridized carbons (Fsp3) is 0.500. The van der Waals surface area contributed by atoms with Gasteiger partial charge in [-0.15, -0.1) is 0 Å². The summed E-state index contributed by atoms with van der Waals surface area (Å²) in [6, 6.07) is 10.9. The summed E-state index contributed by atoms with van der Waals surface area (Å²) in [7, 11) is 0. The summed E-state index contributed by atoms with van der Waals surface area (Å²) in [6.07, 6.45) is 9.12. The van der Waals surface area contributed by atoms with E-state index < -0.39 is 0 Å². The lowest BCUT2D eigenvalue weighted by molar-refractivity contribution is 0.0944. The molecule has 2 aliphatic carbocycles. The molecule has 0 bridgehead atoms. The first-order chi connectivity index (χ1) is 16.7. The zero-order valence-corrected chi connectivity index (χ0v) is 20.1. The molecule has 6 nitrogen and oxygen atoms in total. The lowest BCUT2D eigenvalue weighted by Crippen LogP contribution is -2.36. The molecule has 178 valence electrons. The number of amides is 1. The number of pyridine rings is 1. The first kappa shape index (κ1) is 21.7. The second-order valence-electron chi connectivity index (χ2n) is 10.1. The van der Waals surface area contributed by atoms with Gasteiger partial charge in [-0.05, 0) is 79.2 Å². The summed E-state index contributed by atoms with van der Waals surface area (Å²) in [5, 5.41) is 3.19. The summed E-state index contributed by atoms with van der Waals surface area (Å²) in [4.78, 5) is 20.6. The van der Waals surface area contributed by atoms with Crippen molar-refractivity contribution < 1.29 is 9.53 Å². The van der Waals surface area contributed by atoms with Gasteiger partial charge >= 0.3 is 0 Å². The van der Waals surface area contributed by atoms with E-state index in [1.807, 2.05) is 4.40 Å². The van der Waals surface area contributed by atoms with Gasteiger partial charge in [-0.3, -0.25) is 9.20 Å². The molecule has 0 atom stereocenters. The number of anilines is 1. The molecule has 1 aromatic carbocycles. The Morgan fingerprint density at radius 1 is 1.09 bits per heavy atom. The second kappa shape index (κ2) is 9.06. The zero-order chi connectivity index (χ0) is 23.1. The SMILES string of the molecule is CCc1nc2ccc(CC3CC3)cn2c1C(=O)NCc1ccc(N2CCOCC2)c(C2CC2)c1. The van der Waals surface area contributed by atoms with Gasteiger partial charge < -0.3 is 15.0 Å². The van der Waals surface area contributed by atoms with Gasteiger partial charge in [-0.1, -0.05) is 25.1 Å². The molecule has 6 heteroatoms. The number of morpholine rings is 1. The molecule has 3 heterocycles. The van der Waals surface area contributed by atoms with Crippen LogP contribution in [0.1, 0.15) is 71.4 Å². The van der Waals surface area contributed by atoms with Crippen LogP contribution in [0.2, 0.25) is 0 Å². The predicted molar refractivity (Wildman–Crippen MR) is 134 cm³/mol. The van der Waals surface area contributed by atoms with E-state index in [0.717, 1.165) is 62.0 Å². The number of nitrogens with zero attached hydrogens (tertiary/aromatic N) is 3. The van der Waals surface area contributed by atoms with Crippen molar-refractivity contribution in [2.45, 2.75) is 57.9 Å². The highest BCUT2D eigenvalue weighted by Gasteiger charge is 2.29. The molecule has 3 fully saturated rings. The fourth-order valence-electron chi connectivity index (χ4n) is 5.19. The van der Waals surface area contributed by atoms with Crippen molar-refractivity contribution in [1.29, 1.82) is 0 Å². The number of fused-ring (bicyclic) bond motifs is 1. The third kappa shape index (κ3) is 4.43. The van der Waals surface area contributed by atoms with E-state index in [2.05, 4.69) is 53.7 Å². The van der Waals surface area contributed by atoms with Crippen molar-refractivity contribution in [3.8, 4) is 0 Å². The van der Waals surface area contributed by atoms with Crippen LogP contribution in [0.15, 0.2) is 36.5 Å². The molecular weight excluding hydrogens is 424 g/mol. The van der Waals surface area contributed by atoms with E-state index in [1.54, 1.807) is 0 Å². The average molecular weight is 459 g/mol. The van der Waals surface area contributed by atoms with Crippen LogP contribution < -0.4 is 10.2 Å². The quantitative estimate of drug-likeness (QED) is 0.540. The minimum absolute atomic E-state index is 0.0434. The summed E-state index contributed by atoms with van der Waals surface area (Å²) < 4.78 is 7.55. The molecule has 1 N–H and O–H groups in total. The van der Waals surface area contributed by atoms with Gasteiger partial charge in [0.2, 0.25) is 0 Å². The monoisotopic (exact) mass is 458 g/mol. The third-order valence-corrected chi connectivity index (χ3v) is 7.44. The van der Waals surface area contributed by atoms with Gasteiger partial charge in [0.15, 0.2) is 0 Å². The van der Waals surface area contributed by atoms with E-state index in [9.17, 15) is 4.79 Å². The number of imidazole rings is 1.